The first-order valence-electron chi connectivity index (χ1n) is 11.6. The number of carbonyl (C=O) groups is 1. The number of rotatable bonds is 8. The maximum Gasteiger partial charge on any atom is 0.258 e. The summed E-state index contributed by atoms with van der Waals surface area (Å²) >= 11 is 0. The van der Waals surface area contributed by atoms with Crippen LogP contribution in [0.1, 0.15) is 22.5 Å². The Bertz CT molecular complexity index is 1210. The molecule has 1 saturated heterocycles. The third-order valence-corrected chi connectivity index (χ3v) is 5.98. The molecule has 0 unspecified atom stereocenters. The van der Waals surface area contributed by atoms with Crippen molar-refractivity contribution in [2.24, 2.45) is 0 Å². The van der Waals surface area contributed by atoms with E-state index in [9.17, 15) is 4.79 Å². The number of nitrogens with one attached hydrogen (secondary N) is 2. The number of aromatic amines is 1. The molecular formula is C26H28N6O2. The smallest absolute Gasteiger partial charge is 0.258 e. The number of ether oxygens (including phenoxy) is 1. The minimum absolute atomic E-state index is 0.201. The molecule has 2 N–H and O–H groups in total. The number of carbonyl (C=O) groups excluding carboxylic acids is 1. The van der Waals surface area contributed by atoms with Crippen LogP contribution in [-0.2, 0) is 11.2 Å². The molecule has 0 spiro atoms. The van der Waals surface area contributed by atoms with E-state index in [-0.39, 0.29) is 5.91 Å². The highest BCUT2D eigenvalue weighted by Crippen LogP contribution is 2.21. The molecule has 2 aromatic heterocycles. The number of para-hydroxylation sites is 1. The average molecular weight is 457 g/mol. The second kappa shape index (κ2) is 10.5. The van der Waals surface area contributed by atoms with Crippen molar-refractivity contribution in [3.05, 3.63) is 84.4 Å². The molecule has 0 saturated carbocycles. The SMILES string of the molecule is O=C(Nc1nc(CCCN2CCOCC2)cn1-c1ccccc1)c1cccc(-c2cn[nH]c2)c1. The van der Waals surface area contributed by atoms with E-state index in [1.165, 1.54) is 0 Å². The van der Waals surface area contributed by atoms with E-state index >= 15 is 0 Å². The summed E-state index contributed by atoms with van der Waals surface area (Å²) in [5.41, 5.74) is 4.34. The van der Waals surface area contributed by atoms with Crippen molar-refractivity contribution in [2.45, 2.75) is 12.8 Å². The molecule has 5 rings (SSSR count). The maximum absolute atomic E-state index is 13.1. The van der Waals surface area contributed by atoms with Crippen molar-refractivity contribution >= 4 is 11.9 Å². The molecule has 1 amide bonds. The molecule has 8 heteroatoms. The first-order chi connectivity index (χ1) is 16.8. The van der Waals surface area contributed by atoms with Crippen molar-refractivity contribution in [2.75, 3.05) is 38.2 Å². The lowest BCUT2D eigenvalue weighted by atomic mass is 10.1. The largest absolute Gasteiger partial charge is 0.379 e. The van der Waals surface area contributed by atoms with Crippen LogP contribution in [0.4, 0.5) is 5.95 Å². The van der Waals surface area contributed by atoms with Crippen LogP contribution < -0.4 is 5.32 Å². The van der Waals surface area contributed by atoms with Gasteiger partial charge in [-0.05, 0) is 49.2 Å². The van der Waals surface area contributed by atoms with E-state index in [0.29, 0.717) is 11.5 Å². The van der Waals surface area contributed by atoms with Crippen molar-refractivity contribution in [1.82, 2.24) is 24.6 Å². The van der Waals surface area contributed by atoms with Gasteiger partial charge < -0.3 is 4.74 Å². The summed E-state index contributed by atoms with van der Waals surface area (Å²) in [4.78, 5) is 20.3. The van der Waals surface area contributed by atoms with Gasteiger partial charge in [0.15, 0.2) is 0 Å². The zero-order valence-corrected chi connectivity index (χ0v) is 19.0. The van der Waals surface area contributed by atoms with Crippen molar-refractivity contribution in [1.29, 1.82) is 0 Å². The van der Waals surface area contributed by atoms with E-state index in [1.54, 1.807) is 12.3 Å². The molecule has 2 aromatic carbocycles. The number of anilines is 1. The summed E-state index contributed by atoms with van der Waals surface area (Å²) in [5, 5.41) is 9.83. The fourth-order valence-corrected chi connectivity index (χ4v) is 4.15. The van der Waals surface area contributed by atoms with Gasteiger partial charge >= 0.3 is 0 Å². The predicted octanol–water partition coefficient (Wildman–Crippen LogP) is 3.78. The zero-order chi connectivity index (χ0) is 23.2. The number of H-pyrrole nitrogens is 1. The average Bonchev–Trinajstić information content (AvgIpc) is 3.56. The molecule has 4 aromatic rings. The second-order valence-electron chi connectivity index (χ2n) is 8.34. The monoisotopic (exact) mass is 456 g/mol. The molecule has 0 bridgehead atoms. The summed E-state index contributed by atoms with van der Waals surface area (Å²) in [6.07, 6.45) is 7.42. The number of aromatic nitrogens is 4. The van der Waals surface area contributed by atoms with Crippen LogP contribution in [0.5, 0.6) is 0 Å². The van der Waals surface area contributed by atoms with Crippen LogP contribution in [0.25, 0.3) is 16.8 Å². The highest BCUT2D eigenvalue weighted by Gasteiger charge is 2.16. The molecular weight excluding hydrogens is 428 g/mol. The first-order valence-corrected chi connectivity index (χ1v) is 11.6. The molecule has 0 aliphatic carbocycles. The van der Waals surface area contributed by atoms with Gasteiger partial charge in [0.2, 0.25) is 5.95 Å². The Kier molecular flexibility index (Phi) is 6.78. The second-order valence-corrected chi connectivity index (χ2v) is 8.34. The summed E-state index contributed by atoms with van der Waals surface area (Å²) in [5.74, 6) is 0.319. The quantitative estimate of drug-likeness (QED) is 0.421. The number of hydrogen-bond donors (Lipinski definition) is 2. The summed E-state index contributed by atoms with van der Waals surface area (Å²) < 4.78 is 7.38. The Morgan fingerprint density at radius 1 is 1.06 bits per heavy atom. The lowest BCUT2D eigenvalue weighted by molar-refractivity contribution is 0.0374. The van der Waals surface area contributed by atoms with Gasteiger partial charge in [0.1, 0.15) is 0 Å². The zero-order valence-electron chi connectivity index (χ0n) is 19.0. The van der Waals surface area contributed by atoms with Gasteiger partial charge in [-0.3, -0.25) is 24.7 Å². The Hall–Kier alpha value is -3.75. The molecule has 0 atom stereocenters. The Labute approximate surface area is 198 Å². The molecule has 174 valence electrons. The minimum atomic E-state index is -0.201. The standard InChI is InChI=1S/C26H28N6O2/c33-25(21-7-4-6-20(16-21)22-17-27-28-18-22)30-26-29-23(8-5-11-31-12-14-34-15-13-31)19-32(26)24-9-2-1-3-10-24/h1-4,6-7,9-10,16-19H,5,8,11-15H2,(H,27,28)(H,29,30,33). The number of imidazole rings is 1. The molecule has 1 aliphatic heterocycles. The summed E-state index contributed by atoms with van der Waals surface area (Å²) in [6, 6.07) is 17.4. The van der Waals surface area contributed by atoms with Crippen molar-refractivity contribution < 1.29 is 9.53 Å². The highest BCUT2D eigenvalue weighted by molar-refractivity contribution is 6.04. The number of benzene rings is 2. The number of hydrogen-bond acceptors (Lipinski definition) is 5. The topological polar surface area (TPSA) is 88.1 Å². The number of aryl methyl sites for hydroxylation is 1. The van der Waals surface area contributed by atoms with Crippen LogP contribution in [0, 0.1) is 0 Å². The molecule has 1 aliphatic rings. The molecule has 3 heterocycles. The molecule has 34 heavy (non-hydrogen) atoms. The predicted molar refractivity (Wildman–Crippen MR) is 131 cm³/mol. The van der Waals surface area contributed by atoms with Crippen molar-refractivity contribution in [3.8, 4) is 16.8 Å². The summed E-state index contributed by atoms with van der Waals surface area (Å²) in [7, 11) is 0. The van der Waals surface area contributed by atoms with E-state index < -0.39 is 0 Å². The van der Waals surface area contributed by atoms with Crippen LogP contribution in [0.15, 0.2) is 73.2 Å². The lowest BCUT2D eigenvalue weighted by Gasteiger charge is -2.26. The Morgan fingerprint density at radius 2 is 1.91 bits per heavy atom. The highest BCUT2D eigenvalue weighted by atomic mass is 16.5. The number of morpholine rings is 1. The van der Waals surface area contributed by atoms with Gasteiger partial charge in [0, 0.05) is 42.3 Å². The van der Waals surface area contributed by atoms with E-state index in [1.807, 2.05) is 65.5 Å². The fraction of sp³-hybridized carbons (Fsp3) is 0.269. The van der Waals surface area contributed by atoms with E-state index in [2.05, 4.69) is 20.4 Å². The van der Waals surface area contributed by atoms with Crippen molar-refractivity contribution in [3.63, 3.8) is 0 Å². The molecule has 8 nitrogen and oxygen atoms in total. The van der Waals surface area contributed by atoms with E-state index in [4.69, 9.17) is 9.72 Å². The van der Waals surface area contributed by atoms with Crippen LogP contribution in [0.3, 0.4) is 0 Å². The van der Waals surface area contributed by atoms with Gasteiger partial charge in [-0.2, -0.15) is 5.10 Å². The fourth-order valence-electron chi connectivity index (χ4n) is 4.15. The normalized spacial score (nSPS) is 14.2. The van der Waals surface area contributed by atoms with Gasteiger partial charge in [-0.1, -0.05) is 30.3 Å². The van der Waals surface area contributed by atoms with Gasteiger partial charge in [0.25, 0.3) is 5.91 Å². The van der Waals surface area contributed by atoms with E-state index in [0.717, 1.165) is 68.2 Å². The Morgan fingerprint density at radius 3 is 2.71 bits per heavy atom. The molecule has 0 radical (unpaired) electrons. The van der Waals surface area contributed by atoms with Gasteiger partial charge in [-0.25, -0.2) is 4.98 Å². The first kappa shape index (κ1) is 22.1. The van der Waals surface area contributed by atoms with Crippen LogP contribution in [0.2, 0.25) is 0 Å². The third kappa shape index (κ3) is 5.24. The number of nitrogens with zero attached hydrogens (tertiary/aromatic N) is 4. The van der Waals surface area contributed by atoms with Gasteiger partial charge in [0.05, 0.1) is 25.1 Å². The Balaban J connectivity index is 1.33. The van der Waals surface area contributed by atoms with Gasteiger partial charge in [-0.15, -0.1) is 0 Å². The maximum atomic E-state index is 13.1. The summed E-state index contributed by atoms with van der Waals surface area (Å²) in [6.45, 7) is 4.60. The molecule has 1 fully saturated rings. The third-order valence-electron chi connectivity index (χ3n) is 5.98. The number of amides is 1. The van der Waals surface area contributed by atoms with Crippen LogP contribution >= 0.6 is 0 Å². The minimum Gasteiger partial charge on any atom is -0.379 e. The van der Waals surface area contributed by atoms with Crippen LogP contribution in [-0.4, -0.2) is 63.4 Å². The lowest BCUT2D eigenvalue weighted by Crippen LogP contribution is -2.36.